The van der Waals surface area contributed by atoms with Gasteiger partial charge < -0.3 is 9.64 Å². The summed E-state index contributed by atoms with van der Waals surface area (Å²) in [5, 5.41) is 9.30. The van der Waals surface area contributed by atoms with Gasteiger partial charge in [0.2, 0.25) is 0 Å². The van der Waals surface area contributed by atoms with Gasteiger partial charge in [-0.3, -0.25) is 4.98 Å². The summed E-state index contributed by atoms with van der Waals surface area (Å²) in [6.45, 7) is 4.47. The minimum atomic E-state index is -0.293. The molecule has 1 saturated heterocycles. The molecule has 0 N–H and O–H groups in total. The quantitative estimate of drug-likeness (QED) is 0.756. The van der Waals surface area contributed by atoms with Gasteiger partial charge in [-0.05, 0) is 32.8 Å². The lowest BCUT2D eigenvalue weighted by molar-refractivity contribution is -0.141. The van der Waals surface area contributed by atoms with E-state index in [1.54, 1.807) is 0 Å². The lowest BCUT2D eigenvalue weighted by atomic mass is 10.1. The molecule has 1 fully saturated rings. The highest BCUT2D eigenvalue weighted by atomic mass is 16.5. The fourth-order valence-electron chi connectivity index (χ4n) is 2.61. The second kappa shape index (κ2) is 5.27. The first kappa shape index (κ1) is 13.3. The van der Waals surface area contributed by atoms with Crippen LogP contribution in [0.15, 0.2) is 6.07 Å². The number of rotatable bonds is 2. The molecular formula is C14H17N3O2. The van der Waals surface area contributed by atoms with Gasteiger partial charge in [0.15, 0.2) is 0 Å². The van der Waals surface area contributed by atoms with Crippen LogP contribution in [0.3, 0.4) is 0 Å². The number of hydrogen-bond donors (Lipinski definition) is 0. The molecule has 0 radical (unpaired) electrons. The summed E-state index contributed by atoms with van der Waals surface area (Å²) >= 11 is 0. The summed E-state index contributed by atoms with van der Waals surface area (Å²) in [6, 6.07) is 3.76. The molecule has 1 aromatic heterocycles. The molecule has 5 nitrogen and oxygen atoms in total. The number of pyridine rings is 1. The van der Waals surface area contributed by atoms with Crippen LogP contribution in [0.5, 0.6) is 0 Å². The van der Waals surface area contributed by atoms with E-state index in [1.807, 2.05) is 24.8 Å². The molecule has 1 aromatic rings. The van der Waals surface area contributed by atoms with Crippen molar-refractivity contribution in [3.8, 4) is 6.07 Å². The second-order valence-corrected chi connectivity index (χ2v) is 4.73. The molecule has 1 unspecified atom stereocenters. The Bertz CT molecular complexity index is 548. The van der Waals surface area contributed by atoms with Crippen LogP contribution >= 0.6 is 0 Å². The Morgan fingerprint density at radius 2 is 2.32 bits per heavy atom. The van der Waals surface area contributed by atoms with E-state index < -0.39 is 0 Å². The van der Waals surface area contributed by atoms with Crippen molar-refractivity contribution < 1.29 is 9.53 Å². The lowest BCUT2D eigenvalue weighted by Gasteiger charge is -2.26. The van der Waals surface area contributed by atoms with Crippen LogP contribution in [0.1, 0.15) is 29.8 Å². The normalized spacial score (nSPS) is 18.2. The number of hydrogen-bond acceptors (Lipinski definition) is 5. The Hall–Kier alpha value is -2.09. The van der Waals surface area contributed by atoms with E-state index in [2.05, 4.69) is 11.1 Å². The Morgan fingerprint density at radius 1 is 1.58 bits per heavy atom. The number of nitriles is 1. The number of ether oxygens (including phenoxy) is 1. The minimum absolute atomic E-state index is 0.242. The van der Waals surface area contributed by atoms with E-state index in [-0.39, 0.29) is 12.0 Å². The zero-order valence-corrected chi connectivity index (χ0v) is 11.4. The number of nitrogens with zero attached hydrogens (tertiary/aromatic N) is 3. The number of esters is 1. The van der Waals surface area contributed by atoms with Crippen molar-refractivity contribution in [3.05, 3.63) is 23.0 Å². The summed E-state index contributed by atoms with van der Waals surface area (Å²) in [4.78, 5) is 18.1. The summed E-state index contributed by atoms with van der Waals surface area (Å²) in [7, 11) is 1.40. The van der Waals surface area contributed by atoms with Crippen molar-refractivity contribution in [2.45, 2.75) is 32.7 Å². The molecule has 0 amide bonds. The van der Waals surface area contributed by atoms with Gasteiger partial charge in [-0.25, -0.2) is 4.79 Å². The van der Waals surface area contributed by atoms with Crippen molar-refractivity contribution in [1.82, 2.24) is 4.98 Å². The van der Waals surface area contributed by atoms with Crippen LogP contribution in [0.2, 0.25) is 0 Å². The Balaban J connectivity index is 2.46. The van der Waals surface area contributed by atoms with Crippen LogP contribution < -0.4 is 4.90 Å². The van der Waals surface area contributed by atoms with Crippen molar-refractivity contribution in [1.29, 1.82) is 5.26 Å². The van der Waals surface area contributed by atoms with Crippen molar-refractivity contribution in [3.63, 3.8) is 0 Å². The number of aryl methyl sites for hydroxylation is 2. The third kappa shape index (κ3) is 2.39. The monoisotopic (exact) mass is 259 g/mol. The molecule has 100 valence electrons. The molecule has 0 saturated carbocycles. The molecule has 1 atom stereocenters. The SMILES string of the molecule is COC(=O)C1CCCN1c1cc(C)nc(C)c1C#N. The maximum atomic E-state index is 11.8. The van der Waals surface area contributed by atoms with E-state index in [0.29, 0.717) is 11.3 Å². The van der Waals surface area contributed by atoms with Gasteiger partial charge in [0.1, 0.15) is 12.1 Å². The van der Waals surface area contributed by atoms with Gasteiger partial charge in [0.25, 0.3) is 0 Å². The standard InChI is InChI=1S/C14H17N3O2/c1-9-7-13(11(8-15)10(2)16-9)17-6-4-5-12(17)14(18)19-3/h7,12H,4-6H2,1-3H3. The fraction of sp³-hybridized carbons (Fsp3) is 0.500. The van der Waals surface area contributed by atoms with Crippen LogP contribution in [-0.2, 0) is 9.53 Å². The third-order valence-corrected chi connectivity index (χ3v) is 3.45. The highest BCUT2D eigenvalue weighted by Crippen LogP contribution is 2.30. The highest BCUT2D eigenvalue weighted by molar-refractivity contribution is 5.82. The second-order valence-electron chi connectivity index (χ2n) is 4.73. The Labute approximate surface area is 112 Å². The van der Waals surface area contributed by atoms with Crippen molar-refractivity contribution in [2.24, 2.45) is 0 Å². The highest BCUT2D eigenvalue weighted by Gasteiger charge is 2.33. The number of methoxy groups -OCH3 is 1. The lowest BCUT2D eigenvalue weighted by Crippen LogP contribution is -2.37. The number of carbonyl (C=O) groups excluding carboxylic acids is 1. The first-order valence-electron chi connectivity index (χ1n) is 6.31. The molecule has 0 bridgehead atoms. The molecule has 1 aliphatic rings. The maximum absolute atomic E-state index is 11.8. The summed E-state index contributed by atoms with van der Waals surface area (Å²) < 4.78 is 4.84. The molecule has 2 heterocycles. The van der Waals surface area contributed by atoms with Crippen LogP contribution in [0.4, 0.5) is 5.69 Å². The number of carbonyl (C=O) groups is 1. The van der Waals surface area contributed by atoms with E-state index >= 15 is 0 Å². The smallest absolute Gasteiger partial charge is 0.328 e. The van der Waals surface area contributed by atoms with Crippen molar-refractivity contribution >= 4 is 11.7 Å². The molecule has 0 aromatic carbocycles. The van der Waals surface area contributed by atoms with Gasteiger partial charge in [-0.15, -0.1) is 0 Å². The Morgan fingerprint density at radius 3 is 2.95 bits per heavy atom. The minimum Gasteiger partial charge on any atom is -0.467 e. The zero-order valence-electron chi connectivity index (χ0n) is 11.4. The fourth-order valence-corrected chi connectivity index (χ4v) is 2.61. The molecule has 0 aliphatic carbocycles. The molecule has 5 heteroatoms. The topological polar surface area (TPSA) is 66.2 Å². The molecule has 2 rings (SSSR count). The zero-order chi connectivity index (χ0) is 14.0. The summed E-state index contributed by atoms with van der Waals surface area (Å²) in [5.74, 6) is -0.242. The van der Waals surface area contributed by atoms with E-state index in [9.17, 15) is 10.1 Å². The summed E-state index contributed by atoms with van der Waals surface area (Å²) in [5.41, 5.74) is 2.89. The van der Waals surface area contributed by atoms with Crippen LogP contribution in [-0.4, -0.2) is 30.6 Å². The van der Waals surface area contributed by atoms with Crippen LogP contribution in [0.25, 0.3) is 0 Å². The molecule has 0 spiro atoms. The predicted octanol–water partition coefficient (Wildman–Crippen LogP) is 1.71. The van der Waals surface area contributed by atoms with Crippen LogP contribution in [0, 0.1) is 25.2 Å². The number of anilines is 1. The Kier molecular flexibility index (Phi) is 3.70. The number of aromatic nitrogens is 1. The molecule has 19 heavy (non-hydrogen) atoms. The van der Waals surface area contributed by atoms with E-state index in [0.717, 1.165) is 30.8 Å². The molecule has 1 aliphatic heterocycles. The first-order chi connectivity index (χ1) is 9.08. The van der Waals surface area contributed by atoms with Gasteiger partial charge >= 0.3 is 5.97 Å². The molecular weight excluding hydrogens is 242 g/mol. The first-order valence-corrected chi connectivity index (χ1v) is 6.31. The van der Waals surface area contributed by atoms with Gasteiger partial charge in [0.05, 0.1) is 24.1 Å². The summed E-state index contributed by atoms with van der Waals surface area (Å²) in [6.07, 6.45) is 1.68. The van der Waals surface area contributed by atoms with Gasteiger partial charge in [-0.1, -0.05) is 0 Å². The van der Waals surface area contributed by atoms with E-state index in [1.165, 1.54) is 7.11 Å². The third-order valence-electron chi connectivity index (χ3n) is 3.45. The largest absolute Gasteiger partial charge is 0.467 e. The van der Waals surface area contributed by atoms with Gasteiger partial charge in [-0.2, -0.15) is 5.26 Å². The van der Waals surface area contributed by atoms with Gasteiger partial charge in [0, 0.05) is 12.2 Å². The van der Waals surface area contributed by atoms with Crippen molar-refractivity contribution in [2.75, 3.05) is 18.6 Å². The predicted molar refractivity (Wildman–Crippen MR) is 70.8 cm³/mol. The average molecular weight is 259 g/mol. The maximum Gasteiger partial charge on any atom is 0.328 e. The van der Waals surface area contributed by atoms with E-state index in [4.69, 9.17) is 4.74 Å². The average Bonchev–Trinajstić information content (AvgIpc) is 2.86.